The summed E-state index contributed by atoms with van der Waals surface area (Å²) in [6.07, 6.45) is 0. The molecule has 0 spiro atoms. The molecule has 0 saturated heterocycles. The Bertz CT molecular complexity index is 1080. The van der Waals surface area contributed by atoms with E-state index in [-0.39, 0.29) is 17.0 Å². The van der Waals surface area contributed by atoms with Crippen molar-refractivity contribution in [2.24, 2.45) is 0 Å². The first-order valence-electron chi connectivity index (χ1n) is 6.47. The molecule has 0 unspecified atom stereocenters. The van der Waals surface area contributed by atoms with Crippen molar-refractivity contribution in [3.8, 4) is 11.4 Å². The molecule has 4 aromatic rings. The molecule has 2 aromatic heterocycles. The Balaban J connectivity index is 2.11. The predicted molar refractivity (Wildman–Crippen MR) is 76.5 cm³/mol. The summed E-state index contributed by atoms with van der Waals surface area (Å²) in [5.41, 5.74) is 0.266. The van der Waals surface area contributed by atoms with Crippen LogP contribution in [0.15, 0.2) is 47.3 Å². The van der Waals surface area contributed by atoms with Crippen molar-refractivity contribution < 1.29 is 8.78 Å². The Hall–Kier alpha value is -3.09. The van der Waals surface area contributed by atoms with Crippen molar-refractivity contribution in [3.63, 3.8) is 0 Å². The van der Waals surface area contributed by atoms with Gasteiger partial charge in [0.15, 0.2) is 11.5 Å². The van der Waals surface area contributed by atoms with E-state index in [0.717, 1.165) is 4.52 Å². The lowest BCUT2D eigenvalue weighted by molar-refractivity contribution is 0.629. The zero-order chi connectivity index (χ0) is 15.3. The molecule has 2 heterocycles. The number of rotatable bonds is 1. The van der Waals surface area contributed by atoms with Crippen molar-refractivity contribution in [1.29, 1.82) is 0 Å². The van der Waals surface area contributed by atoms with Gasteiger partial charge in [0.25, 0.3) is 0 Å². The summed E-state index contributed by atoms with van der Waals surface area (Å²) in [7, 11) is 0. The van der Waals surface area contributed by atoms with Crippen LogP contribution in [0.1, 0.15) is 0 Å². The van der Waals surface area contributed by atoms with Crippen LogP contribution in [-0.2, 0) is 0 Å². The number of nitrogens with one attached hydrogen (secondary N) is 1. The van der Waals surface area contributed by atoms with Gasteiger partial charge >= 0.3 is 5.69 Å². The first kappa shape index (κ1) is 12.6. The van der Waals surface area contributed by atoms with Crippen LogP contribution in [0.4, 0.5) is 8.78 Å². The number of fused-ring (bicyclic) bond motifs is 3. The highest BCUT2D eigenvalue weighted by Crippen LogP contribution is 2.22. The second kappa shape index (κ2) is 4.45. The van der Waals surface area contributed by atoms with Crippen molar-refractivity contribution in [3.05, 3.63) is 64.6 Å². The maximum absolute atomic E-state index is 13.8. The lowest BCUT2D eigenvalue weighted by Crippen LogP contribution is -2.17. The van der Waals surface area contributed by atoms with Gasteiger partial charge in [0.2, 0.25) is 0 Å². The summed E-state index contributed by atoms with van der Waals surface area (Å²) in [5, 5.41) is 4.42. The third kappa shape index (κ3) is 1.79. The Morgan fingerprint density at radius 2 is 1.91 bits per heavy atom. The lowest BCUT2D eigenvalue weighted by atomic mass is 10.2. The van der Waals surface area contributed by atoms with Crippen molar-refractivity contribution in [2.75, 3.05) is 0 Å². The number of nitrogens with zero attached hydrogens (tertiary/aromatic N) is 3. The molecule has 0 atom stereocenters. The molecule has 0 aliphatic rings. The second-order valence-corrected chi connectivity index (χ2v) is 4.77. The molecule has 0 radical (unpaired) electrons. The molecule has 0 amide bonds. The third-order valence-electron chi connectivity index (χ3n) is 3.38. The topological polar surface area (TPSA) is 63.0 Å². The fourth-order valence-corrected chi connectivity index (χ4v) is 2.36. The quantitative estimate of drug-likeness (QED) is 0.587. The van der Waals surface area contributed by atoms with Crippen LogP contribution in [0.3, 0.4) is 0 Å². The largest absolute Gasteiger partial charge is 0.348 e. The van der Waals surface area contributed by atoms with Crippen LogP contribution in [0, 0.1) is 11.6 Å². The molecule has 0 aliphatic carbocycles. The van der Waals surface area contributed by atoms with Crippen molar-refractivity contribution in [2.45, 2.75) is 0 Å². The molecule has 108 valence electrons. The monoisotopic (exact) mass is 298 g/mol. The van der Waals surface area contributed by atoms with E-state index in [1.807, 2.05) is 0 Å². The van der Waals surface area contributed by atoms with Crippen molar-refractivity contribution in [1.82, 2.24) is 19.6 Å². The Labute approximate surface area is 121 Å². The number of hydrogen-bond donors (Lipinski definition) is 1. The van der Waals surface area contributed by atoms with Crippen LogP contribution in [0.5, 0.6) is 0 Å². The van der Waals surface area contributed by atoms with E-state index in [1.165, 1.54) is 30.3 Å². The molecular weight excluding hydrogens is 290 g/mol. The van der Waals surface area contributed by atoms with E-state index in [2.05, 4.69) is 15.1 Å². The summed E-state index contributed by atoms with van der Waals surface area (Å²) in [6, 6.07) is 9.93. The van der Waals surface area contributed by atoms with Gasteiger partial charge in [0.1, 0.15) is 11.6 Å². The highest BCUT2D eigenvalue weighted by Gasteiger charge is 2.15. The first-order valence-corrected chi connectivity index (χ1v) is 6.47. The molecule has 7 heteroatoms. The predicted octanol–water partition coefficient (Wildman–Crippen LogP) is 2.52. The number of aromatic nitrogens is 4. The lowest BCUT2D eigenvalue weighted by Gasteiger charge is -1.98. The minimum absolute atomic E-state index is 0.0698. The number of benzene rings is 2. The van der Waals surface area contributed by atoms with Gasteiger partial charge in [-0.2, -0.15) is 4.52 Å². The zero-order valence-corrected chi connectivity index (χ0v) is 11.0. The van der Waals surface area contributed by atoms with Gasteiger partial charge in [-0.25, -0.2) is 18.6 Å². The number of aromatic amines is 1. The van der Waals surface area contributed by atoms with E-state index >= 15 is 0 Å². The van der Waals surface area contributed by atoms with Crippen LogP contribution in [-0.4, -0.2) is 19.6 Å². The summed E-state index contributed by atoms with van der Waals surface area (Å²) in [4.78, 5) is 18.8. The summed E-state index contributed by atoms with van der Waals surface area (Å²) in [6.45, 7) is 0. The molecular formula is C15H8F2N4O. The average Bonchev–Trinajstić information content (AvgIpc) is 2.94. The molecule has 0 saturated carbocycles. The first-order chi connectivity index (χ1) is 10.6. The Morgan fingerprint density at radius 1 is 1.09 bits per heavy atom. The maximum atomic E-state index is 13.8. The van der Waals surface area contributed by atoms with Crippen LogP contribution >= 0.6 is 0 Å². The summed E-state index contributed by atoms with van der Waals surface area (Å²) >= 11 is 0. The maximum Gasteiger partial charge on any atom is 0.348 e. The Morgan fingerprint density at radius 3 is 2.73 bits per heavy atom. The van der Waals surface area contributed by atoms with Gasteiger partial charge in [-0.1, -0.05) is 12.1 Å². The van der Waals surface area contributed by atoms with E-state index in [0.29, 0.717) is 10.9 Å². The second-order valence-electron chi connectivity index (χ2n) is 4.77. The highest BCUT2D eigenvalue weighted by atomic mass is 19.1. The van der Waals surface area contributed by atoms with Gasteiger partial charge < -0.3 is 4.98 Å². The smallest absolute Gasteiger partial charge is 0.305 e. The van der Waals surface area contributed by atoms with Gasteiger partial charge in [0, 0.05) is 5.39 Å². The molecule has 22 heavy (non-hydrogen) atoms. The molecule has 0 aliphatic heterocycles. The molecule has 1 N–H and O–H groups in total. The van der Waals surface area contributed by atoms with Gasteiger partial charge in [0.05, 0.1) is 11.1 Å². The normalized spacial score (nSPS) is 11.4. The SMILES string of the molecule is O=c1[nH]c2ccc(F)cc2c2nc(-c3ccccc3F)nn12. The van der Waals surface area contributed by atoms with E-state index in [1.54, 1.807) is 12.1 Å². The third-order valence-corrected chi connectivity index (χ3v) is 3.38. The zero-order valence-electron chi connectivity index (χ0n) is 11.0. The fourth-order valence-electron chi connectivity index (χ4n) is 2.36. The van der Waals surface area contributed by atoms with Gasteiger partial charge in [-0.15, -0.1) is 5.10 Å². The van der Waals surface area contributed by atoms with E-state index in [9.17, 15) is 13.6 Å². The van der Waals surface area contributed by atoms with Crippen molar-refractivity contribution >= 4 is 16.6 Å². The molecule has 5 nitrogen and oxygen atoms in total. The van der Waals surface area contributed by atoms with E-state index in [4.69, 9.17) is 0 Å². The summed E-state index contributed by atoms with van der Waals surface area (Å²) in [5.74, 6) is -0.887. The number of hydrogen-bond acceptors (Lipinski definition) is 3. The minimum atomic E-state index is -0.524. The Kier molecular flexibility index (Phi) is 2.56. The fraction of sp³-hybridized carbons (Fsp3) is 0. The summed E-state index contributed by atoms with van der Waals surface area (Å²) < 4.78 is 28.3. The highest BCUT2D eigenvalue weighted by molar-refractivity contribution is 5.91. The number of halogens is 2. The van der Waals surface area contributed by atoms with Crippen LogP contribution < -0.4 is 5.69 Å². The molecule has 2 aromatic carbocycles. The molecule has 4 rings (SSSR count). The van der Waals surface area contributed by atoms with Crippen LogP contribution in [0.25, 0.3) is 27.9 Å². The number of H-pyrrole nitrogens is 1. The van der Waals surface area contributed by atoms with E-state index < -0.39 is 17.3 Å². The molecule has 0 bridgehead atoms. The molecule has 0 fully saturated rings. The van der Waals surface area contributed by atoms with Gasteiger partial charge in [-0.3, -0.25) is 0 Å². The average molecular weight is 298 g/mol. The minimum Gasteiger partial charge on any atom is -0.305 e. The van der Waals surface area contributed by atoms with Crippen LogP contribution in [0.2, 0.25) is 0 Å². The van der Waals surface area contributed by atoms with Gasteiger partial charge in [-0.05, 0) is 30.3 Å². The standard InChI is InChI=1S/C15H8F2N4O/c16-8-5-6-12-10(7-8)14-19-13(20-21(14)15(22)18-12)9-3-1-2-4-11(9)17/h1-7H,(H,18,22).